The number of hydrogen-bond acceptors (Lipinski definition) is 3. The number of carbonyl (C=O) groups excluding carboxylic acids is 1. The molecule has 1 aliphatic heterocycles. The summed E-state index contributed by atoms with van der Waals surface area (Å²) in [6, 6.07) is 8.99. The molecule has 0 saturated carbocycles. The molecular weight excluding hydrogens is 362 g/mol. The van der Waals surface area contributed by atoms with Gasteiger partial charge in [0, 0.05) is 24.5 Å². The van der Waals surface area contributed by atoms with Gasteiger partial charge in [-0.1, -0.05) is 44.2 Å². The first-order valence-corrected chi connectivity index (χ1v) is 11.1. The van der Waals surface area contributed by atoms with Crippen molar-refractivity contribution in [3.8, 4) is 0 Å². The SMILES string of the molecule is CC(C)NC[C@H]1[C@@H](c2ccc(C3=CCCCC3)cc2)[C@@H](CO)N1C(=O)NC(C)C. The second-order valence-corrected chi connectivity index (χ2v) is 9.01. The smallest absolute Gasteiger partial charge is 0.318 e. The lowest BCUT2D eigenvalue weighted by molar-refractivity contribution is -0.00860. The van der Waals surface area contributed by atoms with E-state index in [1.54, 1.807) is 0 Å². The molecule has 5 heteroatoms. The third-order valence-corrected chi connectivity index (χ3v) is 6.07. The van der Waals surface area contributed by atoms with Gasteiger partial charge in [-0.2, -0.15) is 0 Å². The lowest BCUT2D eigenvalue weighted by Gasteiger charge is -2.55. The van der Waals surface area contributed by atoms with E-state index in [-0.39, 0.29) is 36.7 Å². The van der Waals surface area contributed by atoms with E-state index in [0.29, 0.717) is 6.04 Å². The zero-order chi connectivity index (χ0) is 21.0. The summed E-state index contributed by atoms with van der Waals surface area (Å²) in [7, 11) is 0. The Balaban J connectivity index is 1.80. The summed E-state index contributed by atoms with van der Waals surface area (Å²) in [5.41, 5.74) is 3.96. The Morgan fingerprint density at radius 3 is 2.38 bits per heavy atom. The molecule has 3 N–H and O–H groups in total. The van der Waals surface area contributed by atoms with Crippen LogP contribution in [-0.4, -0.2) is 53.4 Å². The van der Waals surface area contributed by atoms with Crippen LogP contribution in [0.3, 0.4) is 0 Å². The number of aliphatic hydroxyl groups excluding tert-OH is 1. The molecule has 1 heterocycles. The van der Waals surface area contributed by atoms with Crippen LogP contribution in [0.15, 0.2) is 30.3 Å². The fraction of sp³-hybridized carbons (Fsp3) is 0.625. The molecule has 2 aliphatic rings. The molecule has 1 aliphatic carbocycles. The summed E-state index contributed by atoms with van der Waals surface area (Å²) in [6.07, 6.45) is 7.26. The Kier molecular flexibility index (Phi) is 7.36. The second kappa shape index (κ2) is 9.77. The van der Waals surface area contributed by atoms with Crippen molar-refractivity contribution in [3.63, 3.8) is 0 Å². The quantitative estimate of drug-likeness (QED) is 0.652. The van der Waals surface area contributed by atoms with E-state index in [9.17, 15) is 9.90 Å². The number of hydrogen-bond donors (Lipinski definition) is 3. The average Bonchev–Trinajstić information content (AvgIpc) is 2.68. The average molecular weight is 400 g/mol. The molecule has 1 aromatic rings. The molecule has 5 nitrogen and oxygen atoms in total. The van der Waals surface area contributed by atoms with Gasteiger partial charge in [0.2, 0.25) is 0 Å². The van der Waals surface area contributed by atoms with Crippen molar-refractivity contribution in [2.75, 3.05) is 13.2 Å². The van der Waals surface area contributed by atoms with E-state index in [1.165, 1.54) is 36.0 Å². The number of carbonyl (C=O) groups is 1. The van der Waals surface area contributed by atoms with Crippen molar-refractivity contribution >= 4 is 11.6 Å². The highest BCUT2D eigenvalue weighted by Gasteiger charge is 2.51. The lowest BCUT2D eigenvalue weighted by Crippen LogP contribution is -2.70. The standard InChI is InChI=1S/C24H37N3O2/c1-16(2)25-14-21-23(22(15-28)27(21)24(29)26-17(3)4)20-12-10-19(11-13-20)18-8-6-5-7-9-18/h8,10-13,16-17,21-23,25,28H,5-7,9,14-15H2,1-4H3,(H,26,29)/t21-,22+,23+/m0/s1. The van der Waals surface area contributed by atoms with E-state index in [2.05, 4.69) is 54.8 Å². The highest BCUT2D eigenvalue weighted by molar-refractivity contribution is 5.77. The highest BCUT2D eigenvalue weighted by Crippen LogP contribution is 2.41. The van der Waals surface area contributed by atoms with Gasteiger partial charge >= 0.3 is 6.03 Å². The summed E-state index contributed by atoms with van der Waals surface area (Å²) in [5.74, 6) is 0.138. The van der Waals surface area contributed by atoms with Crippen LogP contribution in [0.4, 0.5) is 4.79 Å². The van der Waals surface area contributed by atoms with Crippen molar-refractivity contribution in [2.45, 2.75) is 83.5 Å². The summed E-state index contributed by atoms with van der Waals surface area (Å²) < 4.78 is 0. The normalized spacial score (nSPS) is 24.4. The molecule has 160 valence electrons. The van der Waals surface area contributed by atoms with Gasteiger partial charge < -0.3 is 20.6 Å². The predicted molar refractivity (Wildman–Crippen MR) is 119 cm³/mol. The maximum absolute atomic E-state index is 12.8. The minimum atomic E-state index is -0.188. The number of nitrogens with one attached hydrogen (secondary N) is 2. The van der Waals surface area contributed by atoms with E-state index >= 15 is 0 Å². The van der Waals surface area contributed by atoms with Crippen molar-refractivity contribution in [3.05, 3.63) is 41.5 Å². The van der Waals surface area contributed by atoms with Crippen LogP contribution < -0.4 is 10.6 Å². The van der Waals surface area contributed by atoms with Gasteiger partial charge in [0.15, 0.2) is 0 Å². The second-order valence-electron chi connectivity index (χ2n) is 9.01. The van der Waals surface area contributed by atoms with Crippen LogP contribution >= 0.6 is 0 Å². The summed E-state index contributed by atoms with van der Waals surface area (Å²) in [6.45, 7) is 8.84. The van der Waals surface area contributed by atoms with E-state index in [4.69, 9.17) is 0 Å². The van der Waals surface area contributed by atoms with Gasteiger partial charge in [-0.15, -0.1) is 0 Å². The number of aliphatic hydroxyl groups is 1. The zero-order valence-electron chi connectivity index (χ0n) is 18.3. The topological polar surface area (TPSA) is 64.6 Å². The third kappa shape index (κ3) is 5.01. The number of benzene rings is 1. The van der Waals surface area contributed by atoms with Crippen molar-refractivity contribution in [1.82, 2.24) is 15.5 Å². The number of amides is 2. The van der Waals surface area contributed by atoms with Crippen molar-refractivity contribution in [2.24, 2.45) is 0 Å². The Morgan fingerprint density at radius 1 is 1.10 bits per heavy atom. The van der Waals surface area contributed by atoms with Crippen LogP contribution in [0.1, 0.15) is 70.4 Å². The Morgan fingerprint density at radius 2 is 1.83 bits per heavy atom. The zero-order valence-corrected chi connectivity index (χ0v) is 18.3. The highest BCUT2D eigenvalue weighted by atomic mass is 16.3. The molecule has 1 aromatic carbocycles. The van der Waals surface area contributed by atoms with E-state index in [0.717, 1.165) is 13.0 Å². The molecule has 1 saturated heterocycles. The number of likely N-dealkylation sites (tertiary alicyclic amines) is 1. The summed E-state index contributed by atoms with van der Waals surface area (Å²) in [5, 5.41) is 16.5. The fourth-order valence-electron chi connectivity index (χ4n) is 4.62. The molecule has 2 amide bonds. The summed E-state index contributed by atoms with van der Waals surface area (Å²) >= 11 is 0. The lowest BCUT2D eigenvalue weighted by atomic mass is 9.75. The van der Waals surface area contributed by atoms with Crippen LogP contribution in [0.25, 0.3) is 5.57 Å². The minimum Gasteiger partial charge on any atom is -0.394 e. The van der Waals surface area contributed by atoms with E-state index in [1.807, 2.05) is 18.7 Å². The Hall–Kier alpha value is -1.85. The Labute approximate surface area is 175 Å². The third-order valence-electron chi connectivity index (χ3n) is 6.07. The molecule has 0 radical (unpaired) electrons. The number of urea groups is 1. The molecular formula is C24H37N3O2. The molecule has 0 aromatic heterocycles. The van der Waals surface area contributed by atoms with Crippen LogP contribution in [0.2, 0.25) is 0 Å². The number of nitrogens with zero attached hydrogens (tertiary/aromatic N) is 1. The maximum Gasteiger partial charge on any atom is 0.318 e. The molecule has 0 spiro atoms. The van der Waals surface area contributed by atoms with Gasteiger partial charge in [-0.05, 0) is 56.2 Å². The number of allylic oxidation sites excluding steroid dienone is 2. The molecule has 3 atom stereocenters. The van der Waals surface area contributed by atoms with Gasteiger partial charge in [0.05, 0.1) is 18.7 Å². The van der Waals surface area contributed by atoms with Gasteiger partial charge in [-0.25, -0.2) is 4.79 Å². The first-order chi connectivity index (χ1) is 13.9. The molecule has 0 unspecified atom stereocenters. The van der Waals surface area contributed by atoms with Crippen molar-refractivity contribution < 1.29 is 9.90 Å². The molecule has 3 rings (SSSR count). The van der Waals surface area contributed by atoms with Gasteiger partial charge in [-0.3, -0.25) is 0 Å². The van der Waals surface area contributed by atoms with Crippen LogP contribution in [0.5, 0.6) is 0 Å². The molecule has 29 heavy (non-hydrogen) atoms. The largest absolute Gasteiger partial charge is 0.394 e. The summed E-state index contributed by atoms with van der Waals surface area (Å²) in [4.78, 5) is 14.6. The maximum atomic E-state index is 12.8. The van der Waals surface area contributed by atoms with Crippen LogP contribution in [-0.2, 0) is 0 Å². The van der Waals surface area contributed by atoms with Gasteiger partial charge in [0.1, 0.15) is 0 Å². The molecule has 1 fully saturated rings. The monoisotopic (exact) mass is 399 g/mol. The van der Waals surface area contributed by atoms with E-state index < -0.39 is 0 Å². The number of rotatable bonds is 7. The first-order valence-electron chi connectivity index (χ1n) is 11.1. The predicted octanol–water partition coefficient (Wildman–Crippen LogP) is 3.89. The van der Waals surface area contributed by atoms with Gasteiger partial charge in [0.25, 0.3) is 0 Å². The molecule has 0 bridgehead atoms. The van der Waals surface area contributed by atoms with Crippen molar-refractivity contribution in [1.29, 1.82) is 0 Å². The van der Waals surface area contributed by atoms with Crippen LogP contribution in [0, 0.1) is 0 Å². The first kappa shape index (κ1) is 21.8. The Bertz CT molecular complexity index is 711. The fourth-order valence-corrected chi connectivity index (χ4v) is 4.62. The minimum absolute atomic E-state index is 0.0265.